The standard InChI is InChI=1S/C24H33NO.C23H32N2O.C23H37NO.C22H30N2O/c1-18-7-4-9-21(13-18)17-25-16-20(3)22-10-6-12-24(15-22)26-23-11-5-8-19(2)14-23;1-17-7-5-10-21(13-17)26-22-11-6-9-19(14-22)18(2)15-25-16-20-8-3-4-12-23(20)24;1-18-8-6-12-22(14-18)25-23-13-7-11-21(15-23)19(2)16-24-17-20-9-4-3-5-10-20;1-17-7-5-10-21(13-17)25-22-11-6-8-19(14-22)18(2)15-23-16-20-9-3-4-12-24-20/h4-5,7-9,11,13-14,20,22,24-25H,6,10,12,15-17H2,1-3H3;3-5,7-8,10,12-13,18-19,22,25H,6,9,11,14-16,24H2,1-2H3;6,8,12,14,19-21,23-24H,3-5,7,9-11,13,15-17H2,1-2H3;3-5,7,9-10,12-13,18-19,22-23H,6,8,11,14-16H2,1-2H3/t20?,22?,24-;18?,19?,22-;19?,21?,23-;18?,19?,22-/m1111/s1. The van der Waals surface area contributed by atoms with E-state index in [9.17, 15) is 0 Å². The van der Waals surface area contributed by atoms with Crippen molar-refractivity contribution in [3.63, 3.8) is 0 Å². The van der Waals surface area contributed by atoms with Crippen molar-refractivity contribution in [2.45, 2.75) is 241 Å². The lowest BCUT2D eigenvalue weighted by atomic mass is 9.79. The number of ether oxygens (including phenoxy) is 4. The molecule has 0 aliphatic heterocycles. The van der Waals surface area contributed by atoms with Crippen molar-refractivity contribution in [1.29, 1.82) is 0 Å². The molecule has 12 atom stereocenters. The second kappa shape index (κ2) is 43.6. The third kappa shape index (κ3) is 28.7. The molecule has 0 amide bonds. The molecule has 6 N–H and O–H groups in total. The molecule has 8 unspecified atom stereocenters. The first-order chi connectivity index (χ1) is 49.6. The smallest absolute Gasteiger partial charge is 0.119 e. The Balaban J connectivity index is 0.000000158. The average molecular weight is 1390 g/mol. The predicted octanol–water partition coefficient (Wildman–Crippen LogP) is 21.1. The fourth-order valence-electron chi connectivity index (χ4n) is 16.6. The molecule has 10 nitrogen and oxygen atoms in total. The van der Waals surface area contributed by atoms with Crippen molar-refractivity contribution < 1.29 is 18.9 Å². The number of nitrogen functional groups attached to an aromatic ring is 1. The molecule has 0 bridgehead atoms. The molecule has 5 fully saturated rings. The van der Waals surface area contributed by atoms with E-state index in [0.29, 0.717) is 42.2 Å². The van der Waals surface area contributed by atoms with E-state index in [2.05, 4.69) is 222 Å². The summed E-state index contributed by atoms with van der Waals surface area (Å²) in [6.45, 7) is 28.4. The number of hydrogen-bond acceptors (Lipinski definition) is 10. The van der Waals surface area contributed by atoms with Gasteiger partial charge in [-0.05, 0) is 336 Å². The first kappa shape index (κ1) is 79.4. The molecule has 1 aromatic heterocycles. The number of pyridine rings is 1. The Kier molecular flexibility index (Phi) is 33.9. The van der Waals surface area contributed by atoms with Crippen molar-refractivity contribution in [3.05, 3.63) is 215 Å². The molecule has 0 radical (unpaired) electrons. The van der Waals surface area contributed by atoms with Gasteiger partial charge in [0.2, 0.25) is 0 Å². The molecular weight excluding hydrogens is 1250 g/mol. The van der Waals surface area contributed by atoms with Crippen LogP contribution in [0.15, 0.2) is 170 Å². The van der Waals surface area contributed by atoms with Crippen LogP contribution < -0.4 is 45.9 Å². The SMILES string of the molecule is Cc1cccc(CNCC(C)C2CCC[C@@H](Oc3cccc(C)c3)C2)c1.Cc1cccc(O[C@@H]2CCCC(C(C)CNCC3CCCCC3)C2)c1.Cc1cccc(O[C@@H]2CCCC(C(C)CNCc3ccccc3N)C2)c1.Cc1cccc(O[C@@H]2CCCC(C(C)CNCc3ccccn3)C2)c1. The molecule has 554 valence electrons. The fourth-order valence-corrected chi connectivity index (χ4v) is 16.6. The van der Waals surface area contributed by atoms with Crippen LogP contribution >= 0.6 is 0 Å². The van der Waals surface area contributed by atoms with E-state index in [4.69, 9.17) is 24.7 Å². The lowest BCUT2D eigenvalue weighted by Gasteiger charge is -2.33. The molecule has 5 aliphatic carbocycles. The Labute approximate surface area is 618 Å². The maximum Gasteiger partial charge on any atom is 0.119 e. The van der Waals surface area contributed by atoms with E-state index in [1.54, 1.807) is 0 Å². The van der Waals surface area contributed by atoms with Gasteiger partial charge >= 0.3 is 0 Å². The molecular formula is C92H132N6O4. The van der Waals surface area contributed by atoms with Crippen molar-refractivity contribution in [1.82, 2.24) is 26.3 Å². The highest BCUT2D eigenvalue weighted by Crippen LogP contribution is 2.37. The number of benzene rings is 6. The third-order valence-corrected chi connectivity index (χ3v) is 22.9. The summed E-state index contributed by atoms with van der Waals surface area (Å²) < 4.78 is 25.1. The highest BCUT2D eigenvalue weighted by molar-refractivity contribution is 5.46. The number of anilines is 1. The zero-order chi connectivity index (χ0) is 71.7. The van der Waals surface area contributed by atoms with Gasteiger partial charge in [0.1, 0.15) is 23.0 Å². The molecule has 7 aromatic rings. The van der Waals surface area contributed by atoms with E-state index >= 15 is 0 Å². The highest BCUT2D eigenvalue weighted by atomic mass is 16.5. The molecule has 5 saturated carbocycles. The van der Waals surface area contributed by atoms with Crippen LogP contribution in [0.1, 0.15) is 207 Å². The lowest BCUT2D eigenvalue weighted by molar-refractivity contribution is 0.101. The predicted molar refractivity (Wildman–Crippen MR) is 428 cm³/mol. The van der Waals surface area contributed by atoms with E-state index in [-0.39, 0.29) is 0 Å². The summed E-state index contributed by atoms with van der Waals surface area (Å²) in [6.07, 6.45) is 30.5. The molecule has 0 spiro atoms. The number of hydrogen-bond donors (Lipinski definition) is 5. The van der Waals surface area contributed by atoms with Gasteiger partial charge in [-0.15, -0.1) is 0 Å². The monoisotopic (exact) mass is 1390 g/mol. The summed E-state index contributed by atoms with van der Waals surface area (Å²) >= 11 is 0. The van der Waals surface area contributed by atoms with Gasteiger partial charge in [-0.2, -0.15) is 0 Å². The number of para-hydroxylation sites is 1. The largest absolute Gasteiger partial charge is 0.490 e. The van der Waals surface area contributed by atoms with Crippen molar-refractivity contribution >= 4 is 5.69 Å². The minimum absolute atomic E-state index is 0.350. The maximum absolute atomic E-state index is 6.30. The Morgan fingerprint density at radius 3 is 1.13 bits per heavy atom. The lowest BCUT2D eigenvalue weighted by Crippen LogP contribution is -2.35. The second-order valence-electron chi connectivity index (χ2n) is 31.9. The Morgan fingerprint density at radius 2 is 0.735 bits per heavy atom. The Hall–Kier alpha value is -6.69. The van der Waals surface area contributed by atoms with Gasteiger partial charge in [0.05, 0.1) is 30.1 Å². The number of nitrogens with two attached hydrogens (primary N) is 1. The summed E-state index contributed by atoms with van der Waals surface area (Å²) in [5.74, 6) is 10.8. The summed E-state index contributed by atoms with van der Waals surface area (Å²) in [5.41, 5.74) is 17.0. The number of rotatable bonds is 28. The van der Waals surface area contributed by atoms with Gasteiger partial charge in [-0.25, -0.2) is 0 Å². The van der Waals surface area contributed by atoms with Gasteiger partial charge in [-0.1, -0.05) is 150 Å². The summed E-state index contributed by atoms with van der Waals surface area (Å²) in [5, 5.41) is 14.6. The van der Waals surface area contributed by atoms with Crippen LogP contribution in [0.25, 0.3) is 0 Å². The number of nitrogens with zero attached hydrogens (tertiary/aromatic N) is 1. The molecule has 1 heterocycles. The van der Waals surface area contributed by atoms with Crippen LogP contribution in [-0.4, -0.2) is 62.1 Å². The van der Waals surface area contributed by atoms with Gasteiger partial charge < -0.3 is 45.9 Å². The number of aryl methyl sites for hydroxylation is 5. The van der Waals surface area contributed by atoms with Crippen LogP contribution in [0.2, 0.25) is 0 Å². The van der Waals surface area contributed by atoms with E-state index < -0.39 is 0 Å². The summed E-state index contributed by atoms with van der Waals surface area (Å²) in [6, 6.07) is 56.7. The van der Waals surface area contributed by atoms with Crippen LogP contribution in [0, 0.1) is 87.9 Å². The second-order valence-corrected chi connectivity index (χ2v) is 31.9. The summed E-state index contributed by atoms with van der Waals surface area (Å²) in [4.78, 5) is 4.37. The van der Waals surface area contributed by atoms with Crippen molar-refractivity contribution in [2.24, 2.45) is 53.3 Å². The number of aromatic nitrogens is 1. The zero-order valence-electron chi connectivity index (χ0n) is 64.3. The quantitative estimate of drug-likeness (QED) is 0.0303. The normalized spacial score (nSPS) is 22.6. The maximum atomic E-state index is 6.30. The Bertz CT molecular complexity index is 3450. The first-order valence-electron chi connectivity index (χ1n) is 40.2. The van der Waals surface area contributed by atoms with Crippen LogP contribution in [0.3, 0.4) is 0 Å². The van der Waals surface area contributed by atoms with Gasteiger partial charge in [0.15, 0.2) is 0 Å². The fraction of sp³-hybridized carbons (Fsp3) is 0.554. The van der Waals surface area contributed by atoms with E-state index in [1.807, 2.05) is 36.5 Å². The minimum atomic E-state index is 0.350. The molecule has 0 saturated heterocycles. The van der Waals surface area contributed by atoms with Crippen molar-refractivity contribution in [3.8, 4) is 23.0 Å². The molecule has 12 rings (SSSR count). The zero-order valence-corrected chi connectivity index (χ0v) is 64.3. The van der Waals surface area contributed by atoms with Crippen LogP contribution in [0.4, 0.5) is 5.69 Å². The molecule has 10 heteroatoms. The minimum Gasteiger partial charge on any atom is -0.490 e. The summed E-state index contributed by atoms with van der Waals surface area (Å²) in [7, 11) is 0. The van der Waals surface area contributed by atoms with Gasteiger partial charge in [0, 0.05) is 31.5 Å². The van der Waals surface area contributed by atoms with E-state index in [1.165, 1.54) is 180 Å². The van der Waals surface area contributed by atoms with E-state index in [0.717, 1.165) is 116 Å². The van der Waals surface area contributed by atoms with Crippen molar-refractivity contribution in [2.75, 3.05) is 38.5 Å². The highest BCUT2D eigenvalue weighted by Gasteiger charge is 2.31. The Morgan fingerprint density at radius 1 is 0.363 bits per heavy atom. The van der Waals surface area contributed by atoms with Gasteiger partial charge in [0.25, 0.3) is 0 Å². The molecule has 6 aromatic carbocycles. The van der Waals surface area contributed by atoms with Crippen LogP contribution in [0.5, 0.6) is 23.0 Å². The van der Waals surface area contributed by atoms with Crippen LogP contribution in [-0.2, 0) is 19.6 Å². The number of nitrogens with one attached hydrogen (secondary N) is 4. The molecule has 5 aliphatic rings. The third-order valence-electron chi connectivity index (χ3n) is 22.9. The average Bonchev–Trinajstić information content (AvgIpc) is 0.884. The molecule has 102 heavy (non-hydrogen) atoms. The first-order valence-corrected chi connectivity index (χ1v) is 40.2. The topological polar surface area (TPSA) is 124 Å². The van der Waals surface area contributed by atoms with Gasteiger partial charge in [-0.3, -0.25) is 4.98 Å².